The van der Waals surface area contributed by atoms with Crippen LogP contribution in [0.25, 0.3) is 0 Å². The van der Waals surface area contributed by atoms with Crippen LogP contribution in [-0.2, 0) is 17.0 Å². The number of hydrogen-bond donors (Lipinski definition) is 0. The number of carbonyl (C=O) groups is 1. The zero-order chi connectivity index (χ0) is 17.3. The maximum absolute atomic E-state index is 13.9. The van der Waals surface area contributed by atoms with Crippen molar-refractivity contribution in [1.82, 2.24) is 5.16 Å². The number of nitrogens with zero attached hydrogens (tertiary/aromatic N) is 2. The molecule has 0 saturated heterocycles. The second-order valence-electron chi connectivity index (χ2n) is 5.83. The lowest BCUT2D eigenvalue weighted by Gasteiger charge is -2.29. The third kappa shape index (κ3) is 3.31. The second-order valence-corrected chi connectivity index (χ2v) is 6.82. The zero-order valence-corrected chi connectivity index (χ0v) is 14.4. The molecule has 2 aromatic rings. The standard InChI is InChI=1S/C17H18F2N2O2S/c1-10-14(11(2)23-20-10)8-24-9-17(22)21-5-3-4-13-15(19)6-12(18)7-16(13)21/h6-7H,3-5,8-9H2,1-2H3. The van der Waals surface area contributed by atoms with E-state index in [1.165, 1.54) is 22.7 Å². The van der Waals surface area contributed by atoms with Crippen LogP contribution in [0.15, 0.2) is 16.7 Å². The van der Waals surface area contributed by atoms with Crippen molar-refractivity contribution in [3.8, 4) is 0 Å². The molecular weight excluding hydrogens is 334 g/mol. The largest absolute Gasteiger partial charge is 0.361 e. The molecule has 0 spiro atoms. The molecular formula is C17H18F2N2O2S. The third-order valence-corrected chi connectivity index (χ3v) is 5.13. The minimum atomic E-state index is -0.658. The fourth-order valence-electron chi connectivity index (χ4n) is 2.90. The van der Waals surface area contributed by atoms with Crippen molar-refractivity contribution in [2.75, 3.05) is 17.2 Å². The third-order valence-electron chi connectivity index (χ3n) is 4.19. The highest BCUT2D eigenvalue weighted by Crippen LogP contribution is 2.31. The summed E-state index contributed by atoms with van der Waals surface area (Å²) in [7, 11) is 0. The second kappa shape index (κ2) is 6.93. The topological polar surface area (TPSA) is 46.3 Å². The first-order valence-electron chi connectivity index (χ1n) is 7.75. The average Bonchev–Trinajstić information content (AvgIpc) is 2.86. The quantitative estimate of drug-likeness (QED) is 0.840. The molecule has 128 valence electrons. The lowest BCUT2D eigenvalue weighted by atomic mass is 10.0. The van der Waals surface area contributed by atoms with Gasteiger partial charge in [0.1, 0.15) is 17.4 Å². The smallest absolute Gasteiger partial charge is 0.236 e. The molecule has 7 heteroatoms. The number of fused-ring (bicyclic) bond motifs is 1. The summed E-state index contributed by atoms with van der Waals surface area (Å²) in [6.45, 7) is 4.19. The van der Waals surface area contributed by atoms with Gasteiger partial charge in [-0.25, -0.2) is 8.78 Å². The predicted octanol–water partition coefficient (Wildman–Crippen LogP) is 3.78. The Balaban J connectivity index is 1.69. The van der Waals surface area contributed by atoms with Gasteiger partial charge in [-0.3, -0.25) is 4.79 Å². The Labute approximate surface area is 143 Å². The van der Waals surface area contributed by atoms with Crippen LogP contribution in [0.5, 0.6) is 0 Å². The normalized spacial score (nSPS) is 13.9. The summed E-state index contributed by atoms with van der Waals surface area (Å²) in [5.74, 6) is 0.227. The van der Waals surface area contributed by atoms with E-state index in [1.54, 1.807) is 0 Å². The number of hydrogen-bond acceptors (Lipinski definition) is 4. The number of aromatic nitrogens is 1. The lowest BCUT2D eigenvalue weighted by Crippen LogP contribution is -2.37. The number of carbonyl (C=O) groups excluding carboxylic acids is 1. The number of benzene rings is 1. The van der Waals surface area contributed by atoms with Crippen molar-refractivity contribution in [2.45, 2.75) is 32.4 Å². The molecule has 1 aliphatic heterocycles. The van der Waals surface area contributed by atoms with Gasteiger partial charge in [0.05, 0.1) is 17.1 Å². The van der Waals surface area contributed by atoms with Crippen LogP contribution in [0.1, 0.15) is 29.0 Å². The van der Waals surface area contributed by atoms with E-state index in [9.17, 15) is 13.6 Å². The Morgan fingerprint density at radius 1 is 1.38 bits per heavy atom. The summed E-state index contributed by atoms with van der Waals surface area (Å²) in [5.41, 5.74) is 2.59. The fraction of sp³-hybridized carbons (Fsp3) is 0.412. The monoisotopic (exact) mass is 352 g/mol. The van der Waals surface area contributed by atoms with E-state index in [4.69, 9.17) is 4.52 Å². The maximum Gasteiger partial charge on any atom is 0.236 e. The molecule has 0 aliphatic carbocycles. The first-order chi connectivity index (χ1) is 11.5. The Hall–Kier alpha value is -1.89. The molecule has 1 amide bonds. The van der Waals surface area contributed by atoms with Crippen LogP contribution in [0, 0.1) is 25.5 Å². The Morgan fingerprint density at radius 3 is 2.88 bits per heavy atom. The van der Waals surface area contributed by atoms with Gasteiger partial charge in [0.2, 0.25) is 5.91 Å². The number of rotatable bonds is 4. The number of aryl methyl sites for hydroxylation is 2. The number of amides is 1. The van der Waals surface area contributed by atoms with Gasteiger partial charge in [0, 0.05) is 29.5 Å². The molecule has 0 radical (unpaired) electrons. The lowest BCUT2D eigenvalue weighted by molar-refractivity contribution is -0.116. The number of thioether (sulfide) groups is 1. The molecule has 2 heterocycles. The van der Waals surface area contributed by atoms with E-state index >= 15 is 0 Å². The predicted molar refractivity (Wildman–Crippen MR) is 89.2 cm³/mol. The van der Waals surface area contributed by atoms with Crippen molar-refractivity contribution in [3.05, 3.63) is 46.3 Å². The molecule has 0 fully saturated rings. The Kier molecular flexibility index (Phi) is 4.89. The van der Waals surface area contributed by atoms with Crippen LogP contribution in [0.2, 0.25) is 0 Å². The average molecular weight is 352 g/mol. The van der Waals surface area contributed by atoms with Crippen molar-refractivity contribution in [2.24, 2.45) is 0 Å². The van der Waals surface area contributed by atoms with Gasteiger partial charge < -0.3 is 9.42 Å². The van der Waals surface area contributed by atoms with E-state index in [-0.39, 0.29) is 11.7 Å². The zero-order valence-electron chi connectivity index (χ0n) is 13.6. The Morgan fingerprint density at radius 2 is 2.17 bits per heavy atom. The van der Waals surface area contributed by atoms with Crippen molar-refractivity contribution < 1.29 is 18.1 Å². The van der Waals surface area contributed by atoms with Crippen LogP contribution in [0.3, 0.4) is 0 Å². The van der Waals surface area contributed by atoms with Crippen LogP contribution < -0.4 is 4.90 Å². The van der Waals surface area contributed by atoms with Crippen molar-refractivity contribution >= 4 is 23.4 Å². The summed E-state index contributed by atoms with van der Waals surface area (Å²) in [6.07, 6.45) is 1.20. The van der Waals surface area contributed by atoms with E-state index in [0.29, 0.717) is 36.4 Å². The molecule has 0 bridgehead atoms. The molecule has 1 aliphatic rings. The van der Waals surface area contributed by atoms with E-state index in [0.717, 1.165) is 23.1 Å². The fourth-order valence-corrected chi connectivity index (χ4v) is 3.95. The molecule has 1 aromatic carbocycles. The van der Waals surface area contributed by atoms with E-state index in [1.807, 2.05) is 13.8 Å². The summed E-state index contributed by atoms with van der Waals surface area (Å²) in [6, 6.07) is 2.12. The SMILES string of the molecule is Cc1noc(C)c1CSCC(=O)N1CCCc2c(F)cc(F)cc21. The van der Waals surface area contributed by atoms with Gasteiger partial charge in [0.15, 0.2) is 0 Å². The summed E-state index contributed by atoms with van der Waals surface area (Å²) in [5, 5.41) is 3.89. The van der Waals surface area contributed by atoms with Crippen LogP contribution in [-0.4, -0.2) is 23.4 Å². The molecule has 4 nitrogen and oxygen atoms in total. The molecule has 0 saturated carbocycles. The van der Waals surface area contributed by atoms with Gasteiger partial charge in [-0.1, -0.05) is 5.16 Å². The molecule has 24 heavy (non-hydrogen) atoms. The summed E-state index contributed by atoms with van der Waals surface area (Å²) >= 11 is 1.45. The van der Waals surface area contributed by atoms with Crippen LogP contribution >= 0.6 is 11.8 Å². The molecule has 0 N–H and O–H groups in total. The summed E-state index contributed by atoms with van der Waals surface area (Å²) in [4.78, 5) is 14.0. The molecule has 0 unspecified atom stereocenters. The Bertz CT molecular complexity index is 757. The van der Waals surface area contributed by atoms with Gasteiger partial charge in [-0.05, 0) is 32.8 Å². The van der Waals surface area contributed by atoms with Crippen molar-refractivity contribution in [1.29, 1.82) is 0 Å². The number of halogens is 2. The van der Waals surface area contributed by atoms with Gasteiger partial charge in [0.25, 0.3) is 0 Å². The first-order valence-corrected chi connectivity index (χ1v) is 8.90. The highest BCUT2D eigenvalue weighted by molar-refractivity contribution is 7.99. The molecule has 0 atom stereocenters. The summed E-state index contributed by atoms with van der Waals surface area (Å²) < 4.78 is 32.5. The van der Waals surface area contributed by atoms with Gasteiger partial charge in [-0.15, -0.1) is 11.8 Å². The highest BCUT2D eigenvalue weighted by atomic mass is 32.2. The van der Waals surface area contributed by atoms with Crippen molar-refractivity contribution in [3.63, 3.8) is 0 Å². The van der Waals surface area contributed by atoms with Gasteiger partial charge in [-0.2, -0.15) is 0 Å². The number of anilines is 1. The van der Waals surface area contributed by atoms with Crippen LogP contribution in [0.4, 0.5) is 14.5 Å². The molecule has 1 aromatic heterocycles. The minimum Gasteiger partial charge on any atom is -0.361 e. The van der Waals surface area contributed by atoms with E-state index < -0.39 is 11.6 Å². The first kappa shape index (κ1) is 17.0. The van der Waals surface area contributed by atoms with Gasteiger partial charge >= 0.3 is 0 Å². The maximum atomic E-state index is 13.9. The van der Waals surface area contributed by atoms with E-state index in [2.05, 4.69) is 5.16 Å². The minimum absolute atomic E-state index is 0.141. The molecule has 3 rings (SSSR count). The highest BCUT2D eigenvalue weighted by Gasteiger charge is 2.25.